The van der Waals surface area contributed by atoms with Gasteiger partial charge in [0.25, 0.3) is 0 Å². The second-order valence-corrected chi connectivity index (χ2v) is 5.30. The average Bonchev–Trinajstić information content (AvgIpc) is 2.24. The van der Waals surface area contributed by atoms with E-state index >= 15 is 0 Å². The van der Waals surface area contributed by atoms with E-state index in [1.165, 1.54) is 25.3 Å². The highest BCUT2D eigenvalue weighted by molar-refractivity contribution is 5.85. The number of methoxy groups -OCH3 is 1. The van der Waals surface area contributed by atoms with Crippen LogP contribution in [0.15, 0.2) is 18.2 Å². The molecule has 1 aromatic carbocycles. The highest BCUT2D eigenvalue weighted by Gasteiger charge is 2.32. The second kappa shape index (κ2) is 6.54. The Labute approximate surface area is 122 Å². The molecule has 1 rings (SSSR count). The maximum atomic E-state index is 12.1. The van der Waals surface area contributed by atoms with Gasteiger partial charge in [-0.2, -0.15) is 0 Å². The molecule has 2 N–H and O–H groups in total. The van der Waals surface area contributed by atoms with Gasteiger partial charge in [0.05, 0.1) is 7.11 Å². The Morgan fingerprint density at radius 2 is 1.70 bits per heavy atom. The summed E-state index contributed by atoms with van der Waals surface area (Å²) in [4.78, 5) is 0. The van der Waals surface area contributed by atoms with Crippen molar-refractivity contribution < 1.29 is 22.6 Å². The minimum Gasteiger partial charge on any atom is -0.496 e. The first kappa shape index (κ1) is 18.9. The number of alkyl halides is 3. The molecule has 0 radical (unpaired) electrons. The predicted octanol–water partition coefficient (Wildman–Crippen LogP) is 4.06. The van der Waals surface area contributed by atoms with Gasteiger partial charge in [-0.05, 0) is 11.5 Å². The van der Waals surface area contributed by atoms with Gasteiger partial charge in [0.2, 0.25) is 0 Å². The lowest BCUT2D eigenvalue weighted by molar-refractivity contribution is -0.274. The van der Waals surface area contributed by atoms with Gasteiger partial charge in [-0.1, -0.05) is 26.8 Å². The van der Waals surface area contributed by atoms with Gasteiger partial charge in [-0.25, -0.2) is 0 Å². The van der Waals surface area contributed by atoms with Gasteiger partial charge in [-0.3, -0.25) is 0 Å². The van der Waals surface area contributed by atoms with Gasteiger partial charge < -0.3 is 15.2 Å². The Morgan fingerprint density at radius 1 is 1.15 bits per heavy atom. The van der Waals surface area contributed by atoms with Crippen LogP contribution < -0.4 is 15.2 Å². The van der Waals surface area contributed by atoms with Crippen LogP contribution in [0.3, 0.4) is 0 Å². The fourth-order valence-electron chi connectivity index (χ4n) is 1.61. The third kappa shape index (κ3) is 5.09. The molecule has 0 bridgehead atoms. The van der Waals surface area contributed by atoms with Crippen LogP contribution >= 0.6 is 12.4 Å². The average molecular weight is 314 g/mol. The Bertz CT molecular complexity index is 444. The SMILES string of the molecule is COc1cc(OC(F)(F)F)ccc1[C@@H](N)C(C)(C)C.Cl. The van der Waals surface area contributed by atoms with Gasteiger partial charge in [0, 0.05) is 17.7 Å². The van der Waals surface area contributed by atoms with Crippen molar-refractivity contribution in [3.8, 4) is 11.5 Å². The maximum Gasteiger partial charge on any atom is 0.573 e. The van der Waals surface area contributed by atoms with Gasteiger partial charge in [-0.15, -0.1) is 25.6 Å². The summed E-state index contributed by atoms with van der Waals surface area (Å²) in [6.45, 7) is 5.83. The zero-order valence-electron chi connectivity index (χ0n) is 11.7. The lowest BCUT2D eigenvalue weighted by Crippen LogP contribution is -2.26. The summed E-state index contributed by atoms with van der Waals surface area (Å²) in [6.07, 6.45) is -4.72. The standard InChI is InChI=1S/C13H18F3NO2.ClH/c1-12(2,3)11(17)9-6-5-8(7-10(9)18-4)19-13(14,15)16;/h5-7,11H,17H2,1-4H3;1H/t11-;/m1./s1. The molecule has 1 atom stereocenters. The summed E-state index contributed by atoms with van der Waals surface area (Å²) in [6, 6.07) is 3.56. The maximum absolute atomic E-state index is 12.1. The summed E-state index contributed by atoms with van der Waals surface area (Å²) in [7, 11) is 1.38. The van der Waals surface area contributed by atoms with E-state index in [2.05, 4.69) is 4.74 Å². The zero-order chi connectivity index (χ0) is 14.8. The molecule has 1 aromatic rings. The monoisotopic (exact) mass is 313 g/mol. The van der Waals surface area contributed by atoms with Crippen molar-refractivity contribution >= 4 is 12.4 Å². The van der Waals surface area contributed by atoms with Crippen LogP contribution in [0.5, 0.6) is 11.5 Å². The smallest absolute Gasteiger partial charge is 0.496 e. The molecule has 116 valence electrons. The number of nitrogens with two attached hydrogens (primary N) is 1. The normalized spacial score (nSPS) is 13.4. The first-order valence-corrected chi connectivity index (χ1v) is 5.74. The van der Waals surface area contributed by atoms with Crippen LogP contribution in [0, 0.1) is 5.41 Å². The Hall–Kier alpha value is -1.14. The van der Waals surface area contributed by atoms with Crippen molar-refractivity contribution in [2.75, 3.05) is 7.11 Å². The van der Waals surface area contributed by atoms with E-state index < -0.39 is 6.36 Å². The molecule has 0 spiro atoms. The molecule has 0 unspecified atom stereocenters. The molecule has 0 aromatic heterocycles. The number of hydrogen-bond acceptors (Lipinski definition) is 3. The van der Waals surface area contributed by atoms with Gasteiger partial charge >= 0.3 is 6.36 Å². The third-order valence-corrected chi connectivity index (χ3v) is 2.71. The fourth-order valence-corrected chi connectivity index (χ4v) is 1.61. The van der Waals surface area contributed by atoms with Crippen molar-refractivity contribution in [1.82, 2.24) is 0 Å². The largest absolute Gasteiger partial charge is 0.573 e. The van der Waals surface area contributed by atoms with Gasteiger partial charge in [0.15, 0.2) is 0 Å². The molecule has 0 aliphatic rings. The fraction of sp³-hybridized carbons (Fsp3) is 0.538. The first-order valence-electron chi connectivity index (χ1n) is 5.74. The Balaban J connectivity index is 0.00000361. The van der Waals surface area contributed by atoms with Crippen LogP contribution in [0.2, 0.25) is 0 Å². The molecule has 3 nitrogen and oxygen atoms in total. The van der Waals surface area contributed by atoms with Gasteiger partial charge in [0.1, 0.15) is 11.5 Å². The number of ether oxygens (including phenoxy) is 2. The molecule has 0 heterocycles. The van der Waals surface area contributed by atoms with E-state index in [1.807, 2.05) is 20.8 Å². The van der Waals surface area contributed by atoms with E-state index in [0.29, 0.717) is 5.56 Å². The predicted molar refractivity (Wildman–Crippen MR) is 73.3 cm³/mol. The highest BCUT2D eigenvalue weighted by Crippen LogP contribution is 2.38. The number of hydrogen-bond donors (Lipinski definition) is 1. The molecule has 0 aliphatic heterocycles. The van der Waals surface area contributed by atoms with Crippen LogP contribution in [-0.2, 0) is 0 Å². The molecule has 0 saturated heterocycles. The molecular weight excluding hydrogens is 295 g/mol. The molecule has 20 heavy (non-hydrogen) atoms. The van der Waals surface area contributed by atoms with Crippen LogP contribution in [0.4, 0.5) is 13.2 Å². The zero-order valence-corrected chi connectivity index (χ0v) is 12.6. The van der Waals surface area contributed by atoms with Crippen LogP contribution in [-0.4, -0.2) is 13.5 Å². The molecule has 0 amide bonds. The van der Waals surface area contributed by atoms with Crippen molar-refractivity contribution in [1.29, 1.82) is 0 Å². The summed E-state index contributed by atoms with van der Waals surface area (Å²) < 4.78 is 45.3. The second-order valence-electron chi connectivity index (χ2n) is 5.30. The quantitative estimate of drug-likeness (QED) is 0.915. The summed E-state index contributed by atoms with van der Waals surface area (Å²) >= 11 is 0. The van der Waals surface area contributed by atoms with E-state index in [-0.39, 0.29) is 35.4 Å². The van der Waals surface area contributed by atoms with Crippen molar-refractivity contribution in [3.63, 3.8) is 0 Å². The highest BCUT2D eigenvalue weighted by atomic mass is 35.5. The van der Waals surface area contributed by atoms with Crippen LogP contribution in [0.25, 0.3) is 0 Å². The van der Waals surface area contributed by atoms with Crippen molar-refractivity contribution in [3.05, 3.63) is 23.8 Å². The minimum absolute atomic E-state index is 0. The molecule has 0 fully saturated rings. The number of rotatable bonds is 3. The molecule has 7 heteroatoms. The summed E-state index contributed by atoms with van der Waals surface area (Å²) in [5.74, 6) is -0.0432. The molecule has 0 saturated carbocycles. The van der Waals surface area contributed by atoms with E-state index in [4.69, 9.17) is 10.5 Å². The number of halogens is 4. The summed E-state index contributed by atoms with van der Waals surface area (Å²) in [5, 5.41) is 0. The third-order valence-electron chi connectivity index (χ3n) is 2.71. The van der Waals surface area contributed by atoms with Crippen LogP contribution in [0.1, 0.15) is 32.4 Å². The summed E-state index contributed by atoms with van der Waals surface area (Å²) in [5.41, 5.74) is 6.49. The molecular formula is C13H19ClF3NO2. The lowest BCUT2D eigenvalue weighted by Gasteiger charge is -2.28. The van der Waals surface area contributed by atoms with E-state index in [1.54, 1.807) is 0 Å². The van der Waals surface area contributed by atoms with E-state index in [9.17, 15) is 13.2 Å². The Kier molecular flexibility index (Phi) is 6.17. The topological polar surface area (TPSA) is 44.5 Å². The first-order chi connectivity index (χ1) is 8.54. The lowest BCUT2D eigenvalue weighted by atomic mass is 9.83. The number of benzene rings is 1. The Morgan fingerprint density at radius 3 is 2.10 bits per heavy atom. The van der Waals surface area contributed by atoms with E-state index in [0.717, 1.165) is 0 Å². The van der Waals surface area contributed by atoms with Crippen molar-refractivity contribution in [2.24, 2.45) is 11.1 Å². The molecule has 0 aliphatic carbocycles. The van der Waals surface area contributed by atoms with Crippen molar-refractivity contribution in [2.45, 2.75) is 33.2 Å². The minimum atomic E-state index is -4.72.